The van der Waals surface area contributed by atoms with Crippen LogP contribution in [0.5, 0.6) is 11.5 Å². The van der Waals surface area contributed by atoms with Gasteiger partial charge < -0.3 is 24.3 Å². The quantitative estimate of drug-likeness (QED) is 0.101. The highest BCUT2D eigenvalue weighted by atomic mass is 19.4. The fourth-order valence-electron chi connectivity index (χ4n) is 6.39. The number of β-amino-alcohol motifs (C(OH)–C–C–N with tert-alkyl or cyclic N) is 1. The number of carbonyl (C=O) groups is 1. The smallest absolute Gasteiger partial charge is 0.422 e. The SMILES string of the molecule is COc1cc(/C=C/C(=O)O)cc(OC)c1CC1CCN(CC(O)(c2cn(Cc3ccccc3)c3cc([N+](=O)[O-])ccc23)C(F)(F)F)CC1. The van der Waals surface area contributed by atoms with Gasteiger partial charge in [0, 0.05) is 54.0 Å². The standard InChI is InChI=1S/C35H36F3N3O7/c1-47-31-17-25(8-11-33(42)43)18-32(48-2)28(31)16-23-12-14-39(15-13-23)22-34(44,35(36,37)38)29-21-40(20-24-6-4-3-5-7-24)30-19-26(41(45)46)9-10-27(29)30/h3-11,17-19,21,23,44H,12-16,20,22H2,1-2H3,(H,42,43)/b11-8+. The Labute approximate surface area is 274 Å². The van der Waals surface area contributed by atoms with Crippen molar-refractivity contribution in [2.75, 3.05) is 33.9 Å². The highest BCUT2D eigenvalue weighted by Crippen LogP contribution is 2.45. The Bertz CT molecular complexity index is 1790. The minimum atomic E-state index is -5.05. The van der Waals surface area contributed by atoms with E-state index >= 15 is 0 Å². The Morgan fingerprint density at radius 2 is 1.69 bits per heavy atom. The highest BCUT2D eigenvalue weighted by molar-refractivity contribution is 5.87. The maximum absolute atomic E-state index is 14.9. The molecule has 13 heteroatoms. The van der Waals surface area contributed by atoms with Crippen molar-refractivity contribution < 1.29 is 42.6 Å². The number of carboxylic acids is 1. The summed E-state index contributed by atoms with van der Waals surface area (Å²) in [5.41, 5.74) is -1.51. The van der Waals surface area contributed by atoms with Gasteiger partial charge in [-0.1, -0.05) is 30.3 Å². The van der Waals surface area contributed by atoms with Crippen LogP contribution in [0.4, 0.5) is 18.9 Å². The Balaban J connectivity index is 1.39. The van der Waals surface area contributed by atoms with E-state index in [2.05, 4.69) is 0 Å². The summed E-state index contributed by atoms with van der Waals surface area (Å²) in [7, 11) is 3.00. The number of carboxylic acid groups (broad SMARTS) is 1. The van der Waals surface area contributed by atoms with Gasteiger partial charge in [-0.05, 0) is 73.7 Å². The monoisotopic (exact) mass is 667 g/mol. The van der Waals surface area contributed by atoms with Crippen molar-refractivity contribution in [2.45, 2.75) is 37.6 Å². The summed E-state index contributed by atoms with van der Waals surface area (Å²) < 4.78 is 57.4. The van der Waals surface area contributed by atoms with Gasteiger partial charge in [-0.3, -0.25) is 15.0 Å². The van der Waals surface area contributed by atoms with Crippen molar-refractivity contribution in [1.82, 2.24) is 9.47 Å². The molecule has 0 radical (unpaired) electrons. The molecule has 1 unspecified atom stereocenters. The second-order valence-electron chi connectivity index (χ2n) is 12.0. The first kappa shape index (κ1) is 34.5. The number of aliphatic carboxylic acids is 1. The number of nitrogens with zero attached hydrogens (tertiary/aromatic N) is 3. The van der Waals surface area contributed by atoms with Crippen LogP contribution in [0.1, 0.15) is 35.1 Å². The van der Waals surface area contributed by atoms with E-state index in [9.17, 15) is 33.2 Å². The highest BCUT2D eigenvalue weighted by Gasteiger charge is 2.57. The number of benzene rings is 3. The summed E-state index contributed by atoms with van der Waals surface area (Å²) in [6.07, 6.45) is 0.267. The number of ether oxygens (including phenoxy) is 2. The zero-order valence-electron chi connectivity index (χ0n) is 26.4. The number of fused-ring (bicyclic) bond motifs is 1. The third kappa shape index (κ3) is 7.32. The number of aromatic nitrogens is 1. The van der Waals surface area contributed by atoms with E-state index in [0.29, 0.717) is 49.4 Å². The van der Waals surface area contributed by atoms with Crippen LogP contribution in [-0.2, 0) is 23.4 Å². The van der Waals surface area contributed by atoms with Crippen molar-refractivity contribution >= 4 is 28.6 Å². The number of halogens is 3. The van der Waals surface area contributed by atoms with Crippen molar-refractivity contribution in [3.63, 3.8) is 0 Å². The largest absolute Gasteiger partial charge is 0.496 e. The number of aliphatic hydroxyl groups is 1. The van der Waals surface area contributed by atoms with Gasteiger partial charge in [0.1, 0.15) is 11.5 Å². The molecular weight excluding hydrogens is 631 g/mol. The van der Waals surface area contributed by atoms with E-state index in [4.69, 9.17) is 14.6 Å². The van der Waals surface area contributed by atoms with Crippen LogP contribution >= 0.6 is 0 Å². The van der Waals surface area contributed by atoms with Gasteiger partial charge >= 0.3 is 12.1 Å². The molecule has 1 fully saturated rings. The molecule has 1 saturated heterocycles. The molecule has 0 aliphatic carbocycles. The molecule has 3 aromatic carbocycles. The summed E-state index contributed by atoms with van der Waals surface area (Å²) >= 11 is 0. The van der Waals surface area contributed by atoms with Gasteiger partial charge in [0.2, 0.25) is 5.60 Å². The molecule has 4 aromatic rings. The number of non-ortho nitro benzene ring substituents is 1. The molecule has 5 rings (SSSR count). The average molecular weight is 668 g/mol. The zero-order chi connectivity index (χ0) is 34.6. The van der Waals surface area contributed by atoms with E-state index in [0.717, 1.165) is 23.3 Å². The summed E-state index contributed by atoms with van der Waals surface area (Å²) in [4.78, 5) is 23.5. The summed E-state index contributed by atoms with van der Waals surface area (Å²) in [5.74, 6) is 0.0145. The molecule has 1 atom stereocenters. The lowest BCUT2D eigenvalue weighted by atomic mass is 9.87. The molecule has 0 saturated carbocycles. The predicted octanol–water partition coefficient (Wildman–Crippen LogP) is 6.42. The maximum atomic E-state index is 14.9. The Kier molecular flexibility index (Phi) is 10.1. The topological polar surface area (TPSA) is 127 Å². The normalized spacial score (nSPS) is 15.9. The zero-order valence-corrected chi connectivity index (χ0v) is 26.4. The lowest BCUT2D eigenvalue weighted by molar-refractivity contribution is -0.384. The number of piperidine rings is 1. The molecule has 1 aromatic heterocycles. The van der Waals surface area contributed by atoms with Crippen molar-refractivity contribution in [3.8, 4) is 11.5 Å². The van der Waals surface area contributed by atoms with Crippen LogP contribution in [0.3, 0.4) is 0 Å². The first-order valence-corrected chi connectivity index (χ1v) is 15.3. The number of methoxy groups -OCH3 is 2. The minimum absolute atomic E-state index is 0.0803. The third-order valence-electron chi connectivity index (χ3n) is 8.89. The average Bonchev–Trinajstić information content (AvgIpc) is 3.42. The molecule has 0 bridgehead atoms. The summed E-state index contributed by atoms with van der Waals surface area (Å²) in [6, 6.07) is 16.1. The molecule has 48 heavy (non-hydrogen) atoms. The van der Waals surface area contributed by atoms with Gasteiger partial charge in [0.15, 0.2) is 0 Å². The number of nitro groups is 1. The van der Waals surface area contributed by atoms with E-state index < -0.39 is 29.2 Å². The number of nitro benzene ring substituents is 1. The number of rotatable bonds is 12. The van der Waals surface area contributed by atoms with Crippen molar-refractivity contribution in [3.05, 3.63) is 105 Å². The van der Waals surface area contributed by atoms with Crippen molar-refractivity contribution in [2.24, 2.45) is 5.92 Å². The van der Waals surface area contributed by atoms with Crippen LogP contribution < -0.4 is 9.47 Å². The Morgan fingerprint density at radius 3 is 2.25 bits per heavy atom. The van der Waals surface area contributed by atoms with Crippen molar-refractivity contribution in [1.29, 1.82) is 0 Å². The molecular formula is C35H36F3N3O7. The summed E-state index contributed by atoms with van der Waals surface area (Å²) in [5, 5.41) is 32.2. The lowest BCUT2D eigenvalue weighted by Gasteiger charge is -2.39. The number of alkyl halides is 3. The Hall–Kier alpha value is -4.88. The van der Waals surface area contributed by atoms with Gasteiger partial charge in [0.25, 0.3) is 5.69 Å². The van der Waals surface area contributed by atoms with Crippen LogP contribution in [0.2, 0.25) is 0 Å². The van der Waals surface area contributed by atoms with Crippen LogP contribution in [0.15, 0.2) is 72.9 Å². The maximum Gasteiger partial charge on any atom is 0.422 e. The van der Waals surface area contributed by atoms with E-state index in [1.807, 2.05) is 6.07 Å². The van der Waals surface area contributed by atoms with Crippen LogP contribution in [-0.4, -0.2) is 70.6 Å². The molecule has 0 spiro atoms. The van der Waals surface area contributed by atoms with E-state index in [1.54, 1.807) is 41.3 Å². The molecule has 2 heterocycles. The third-order valence-corrected chi connectivity index (χ3v) is 8.89. The molecule has 0 amide bonds. The fraction of sp³-hybridized carbons (Fsp3) is 0.343. The molecule has 1 aliphatic heterocycles. The predicted molar refractivity (Wildman–Crippen MR) is 173 cm³/mol. The van der Waals surface area contributed by atoms with Crippen LogP contribution in [0.25, 0.3) is 17.0 Å². The van der Waals surface area contributed by atoms with E-state index in [1.165, 1.54) is 43.2 Å². The number of likely N-dealkylation sites (tertiary alicyclic amines) is 1. The number of hydrogen-bond acceptors (Lipinski definition) is 7. The second-order valence-corrected chi connectivity index (χ2v) is 12.0. The number of hydrogen-bond donors (Lipinski definition) is 2. The molecule has 2 N–H and O–H groups in total. The van der Waals surface area contributed by atoms with E-state index in [-0.39, 0.29) is 34.6 Å². The first-order chi connectivity index (χ1) is 22.8. The van der Waals surface area contributed by atoms with Crippen LogP contribution in [0, 0.1) is 16.0 Å². The van der Waals surface area contributed by atoms with Gasteiger partial charge in [-0.2, -0.15) is 13.2 Å². The van der Waals surface area contributed by atoms with Gasteiger partial charge in [0.05, 0.1) is 24.7 Å². The lowest BCUT2D eigenvalue weighted by Crippen LogP contribution is -2.52. The molecule has 10 nitrogen and oxygen atoms in total. The Morgan fingerprint density at radius 1 is 1.04 bits per heavy atom. The summed E-state index contributed by atoms with van der Waals surface area (Å²) in [6.45, 7) is 0.0337. The second kappa shape index (κ2) is 14.1. The van der Waals surface area contributed by atoms with Gasteiger partial charge in [-0.15, -0.1) is 0 Å². The molecule has 1 aliphatic rings. The fourth-order valence-corrected chi connectivity index (χ4v) is 6.39. The first-order valence-electron chi connectivity index (χ1n) is 15.3. The van der Waals surface area contributed by atoms with Gasteiger partial charge in [-0.25, -0.2) is 4.79 Å². The minimum Gasteiger partial charge on any atom is -0.496 e. The molecule has 254 valence electrons.